The predicted molar refractivity (Wildman–Crippen MR) is 129 cm³/mol. The Hall–Kier alpha value is -1.65. The van der Waals surface area contributed by atoms with Gasteiger partial charge in [-0.15, -0.1) is 0 Å². The molecule has 0 saturated heterocycles. The van der Waals surface area contributed by atoms with Gasteiger partial charge in [0.1, 0.15) is 5.60 Å². The summed E-state index contributed by atoms with van der Waals surface area (Å²) < 4.78 is 5.44. The number of nitrogens with zero attached hydrogens (tertiary/aromatic N) is 1. The van der Waals surface area contributed by atoms with Gasteiger partial charge >= 0.3 is 5.97 Å². The molecule has 0 unspecified atom stereocenters. The second-order valence-corrected chi connectivity index (χ2v) is 10.4. The molecule has 2 saturated carbocycles. The van der Waals surface area contributed by atoms with Crippen LogP contribution in [0.15, 0.2) is 35.9 Å². The number of rotatable bonds is 9. The number of benzene rings is 1. The van der Waals surface area contributed by atoms with Crippen molar-refractivity contribution < 1.29 is 9.53 Å². The lowest BCUT2D eigenvalue weighted by atomic mass is 9.90. The number of nitrogens with one attached hydrogen (secondary N) is 1. The summed E-state index contributed by atoms with van der Waals surface area (Å²) in [6.07, 6.45) is 10.2. The van der Waals surface area contributed by atoms with Crippen LogP contribution in [0.3, 0.4) is 0 Å². The Balaban J connectivity index is 1.38. The Bertz CT molecular complexity index is 729. The van der Waals surface area contributed by atoms with Gasteiger partial charge in [0.15, 0.2) is 0 Å². The minimum atomic E-state index is -0.395. The zero-order valence-electron chi connectivity index (χ0n) is 20.2. The van der Waals surface area contributed by atoms with Gasteiger partial charge in [-0.3, -0.25) is 4.79 Å². The Morgan fingerprint density at radius 3 is 2.45 bits per heavy atom. The molecule has 4 nitrogen and oxygen atoms in total. The van der Waals surface area contributed by atoms with Gasteiger partial charge < -0.3 is 15.0 Å². The Morgan fingerprint density at radius 2 is 1.84 bits per heavy atom. The largest absolute Gasteiger partial charge is 0.460 e. The SMILES string of the molecule is CC/C(=C\c1ccccc1)[C@@H]1C[C@H]1NC1CCC(N(C)CCC(=O)OC(C)(C)C)CC1. The molecule has 2 aliphatic rings. The second kappa shape index (κ2) is 10.8. The molecular weight excluding hydrogens is 384 g/mol. The molecular formula is C27H42N2O2. The zero-order chi connectivity index (χ0) is 22.4. The van der Waals surface area contributed by atoms with Crippen LogP contribution in [0, 0.1) is 5.92 Å². The van der Waals surface area contributed by atoms with Crippen molar-refractivity contribution >= 4 is 12.0 Å². The summed E-state index contributed by atoms with van der Waals surface area (Å²) >= 11 is 0. The van der Waals surface area contributed by atoms with Crippen LogP contribution in [-0.2, 0) is 9.53 Å². The van der Waals surface area contributed by atoms with Crippen LogP contribution < -0.4 is 5.32 Å². The van der Waals surface area contributed by atoms with Gasteiger partial charge in [0.05, 0.1) is 6.42 Å². The average Bonchev–Trinajstić information content (AvgIpc) is 3.49. The number of hydrogen-bond donors (Lipinski definition) is 1. The molecule has 2 atom stereocenters. The van der Waals surface area contributed by atoms with Crippen LogP contribution in [0.1, 0.15) is 78.2 Å². The highest BCUT2D eigenvalue weighted by Crippen LogP contribution is 2.41. The first-order valence-electron chi connectivity index (χ1n) is 12.2. The van der Waals surface area contributed by atoms with Gasteiger partial charge in [-0.05, 0) is 77.8 Å². The Labute approximate surface area is 189 Å². The fourth-order valence-corrected chi connectivity index (χ4v) is 4.85. The Kier molecular flexibility index (Phi) is 8.35. The summed E-state index contributed by atoms with van der Waals surface area (Å²) in [5.74, 6) is 0.615. The number of hydrogen-bond acceptors (Lipinski definition) is 4. The van der Waals surface area contributed by atoms with Crippen molar-refractivity contribution in [1.29, 1.82) is 0 Å². The smallest absolute Gasteiger partial charge is 0.307 e. The van der Waals surface area contributed by atoms with Crippen molar-refractivity contribution in [2.75, 3.05) is 13.6 Å². The highest BCUT2D eigenvalue weighted by Gasteiger charge is 2.40. The lowest BCUT2D eigenvalue weighted by molar-refractivity contribution is -0.155. The van der Waals surface area contributed by atoms with Crippen molar-refractivity contribution in [3.63, 3.8) is 0 Å². The zero-order valence-corrected chi connectivity index (χ0v) is 20.2. The van der Waals surface area contributed by atoms with Gasteiger partial charge in [-0.1, -0.05) is 48.9 Å². The van der Waals surface area contributed by atoms with Crippen LogP contribution in [0.2, 0.25) is 0 Å². The van der Waals surface area contributed by atoms with Crippen LogP contribution in [0.25, 0.3) is 6.08 Å². The molecule has 1 N–H and O–H groups in total. The number of carbonyl (C=O) groups excluding carboxylic acids is 1. The highest BCUT2D eigenvalue weighted by atomic mass is 16.6. The molecule has 0 bridgehead atoms. The number of carbonyl (C=O) groups is 1. The van der Waals surface area contributed by atoms with E-state index in [1.54, 1.807) is 5.57 Å². The molecule has 0 radical (unpaired) electrons. The monoisotopic (exact) mass is 426 g/mol. The first kappa shape index (κ1) is 24.0. The first-order chi connectivity index (χ1) is 14.7. The molecule has 0 spiro atoms. The average molecular weight is 427 g/mol. The predicted octanol–water partition coefficient (Wildman–Crippen LogP) is 5.43. The van der Waals surface area contributed by atoms with Gasteiger partial charge in [0, 0.05) is 24.7 Å². The molecule has 0 aliphatic heterocycles. The fourth-order valence-electron chi connectivity index (χ4n) is 4.85. The molecule has 0 amide bonds. The van der Waals surface area contributed by atoms with Crippen LogP contribution in [-0.4, -0.2) is 48.2 Å². The highest BCUT2D eigenvalue weighted by molar-refractivity contribution is 5.70. The molecule has 2 fully saturated rings. The lowest BCUT2D eigenvalue weighted by Crippen LogP contribution is -2.42. The number of esters is 1. The Morgan fingerprint density at radius 1 is 1.16 bits per heavy atom. The van der Waals surface area contributed by atoms with Crippen molar-refractivity contribution in [3.05, 3.63) is 41.5 Å². The molecule has 1 aromatic carbocycles. The second-order valence-electron chi connectivity index (χ2n) is 10.4. The molecule has 1 aromatic rings. The fraction of sp³-hybridized carbons (Fsp3) is 0.667. The molecule has 31 heavy (non-hydrogen) atoms. The summed E-state index contributed by atoms with van der Waals surface area (Å²) in [4.78, 5) is 14.3. The van der Waals surface area contributed by atoms with Gasteiger partial charge in [-0.25, -0.2) is 0 Å². The van der Waals surface area contributed by atoms with E-state index in [9.17, 15) is 4.79 Å². The third kappa shape index (κ3) is 7.76. The normalized spacial score (nSPS) is 26.7. The molecule has 4 heteroatoms. The van der Waals surface area contributed by atoms with Crippen molar-refractivity contribution in [1.82, 2.24) is 10.2 Å². The molecule has 2 aliphatic carbocycles. The summed E-state index contributed by atoms with van der Waals surface area (Å²) in [6, 6.07) is 12.6. The summed E-state index contributed by atoms with van der Waals surface area (Å²) in [7, 11) is 2.15. The first-order valence-corrected chi connectivity index (χ1v) is 12.2. The van der Waals surface area contributed by atoms with E-state index in [1.165, 1.54) is 37.7 Å². The maximum Gasteiger partial charge on any atom is 0.307 e. The topological polar surface area (TPSA) is 41.6 Å². The summed E-state index contributed by atoms with van der Waals surface area (Å²) in [6.45, 7) is 8.84. The molecule has 3 rings (SSSR count). The van der Waals surface area contributed by atoms with Crippen LogP contribution in [0.4, 0.5) is 0 Å². The molecule has 172 valence electrons. The third-order valence-corrected chi connectivity index (χ3v) is 6.69. The standard InChI is InChI=1S/C27H42N2O2/c1-6-21(18-20-10-8-7-9-11-20)24-19-25(24)28-22-12-14-23(15-13-22)29(5)17-16-26(30)31-27(2,3)4/h7-11,18,22-25,28H,6,12-17,19H2,1-5H3/b21-18+/t22?,23?,24-,25+/m0/s1. The van der Waals surface area contributed by atoms with Crippen molar-refractivity contribution in [2.24, 2.45) is 5.92 Å². The van der Waals surface area contributed by atoms with Crippen LogP contribution in [0.5, 0.6) is 0 Å². The van der Waals surface area contributed by atoms with E-state index in [1.807, 2.05) is 20.8 Å². The van der Waals surface area contributed by atoms with E-state index >= 15 is 0 Å². The minimum absolute atomic E-state index is 0.0928. The minimum Gasteiger partial charge on any atom is -0.460 e. The summed E-state index contributed by atoms with van der Waals surface area (Å²) in [5.41, 5.74) is 2.51. The summed E-state index contributed by atoms with van der Waals surface area (Å²) in [5, 5.41) is 3.95. The molecule has 0 aromatic heterocycles. The van der Waals surface area contributed by atoms with E-state index in [0.29, 0.717) is 30.5 Å². The van der Waals surface area contributed by atoms with E-state index in [-0.39, 0.29) is 5.97 Å². The van der Waals surface area contributed by atoms with E-state index in [0.717, 1.165) is 13.0 Å². The van der Waals surface area contributed by atoms with Gasteiger partial charge in [-0.2, -0.15) is 0 Å². The van der Waals surface area contributed by atoms with E-state index < -0.39 is 5.60 Å². The van der Waals surface area contributed by atoms with E-state index in [4.69, 9.17) is 4.74 Å². The van der Waals surface area contributed by atoms with Gasteiger partial charge in [0.2, 0.25) is 0 Å². The quantitative estimate of drug-likeness (QED) is 0.534. The number of ether oxygens (including phenoxy) is 1. The maximum atomic E-state index is 12.0. The maximum absolute atomic E-state index is 12.0. The van der Waals surface area contributed by atoms with E-state index in [2.05, 4.69) is 60.6 Å². The molecule has 0 heterocycles. The van der Waals surface area contributed by atoms with Crippen LogP contribution >= 0.6 is 0 Å². The van der Waals surface area contributed by atoms with Crippen molar-refractivity contribution in [3.8, 4) is 0 Å². The van der Waals surface area contributed by atoms with Gasteiger partial charge in [0.25, 0.3) is 0 Å². The lowest BCUT2D eigenvalue weighted by Gasteiger charge is -2.35. The van der Waals surface area contributed by atoms with Crippen molar-refractivity contribution in [2.45, 2.75) is 96.4 Å². The third-order valence-electron chi connectivity index (χ3n) is 6.69.